The molecule has 0 unspecified atom stereocenters. The molecule has 2 heterocycles. The summed E-state index contributed by atoms with van der Waals surface area (Å²) in [7, 11) is 0. The van der Waals surface area contributed by atoms with E-state index in [1.807, 2.05) is 55.7 Å². The summed E-state index contributed by atoms with van der Waals surface area (Å²) in [5, 5.41) is 0. The number of nitrogens with zero attached hydrogens (tertiary/aromatic N) is 4. The summed E-state index contributed by atoms with van der Waals surface area (Å²) in [5.74, 6) is -1.02. The quantitative estimate of drug-likeness (QED) is 0.256. The van der Waals surface area contributed by atoms with Gasteiger partial charge in [0.05, 0.1) is 17.3 Å². The summed E-state index contributed by atoms with van der Waals surface area (Å²) >= 11 is 0. The van der Waals surface area contributed by atoms with Gasteiger partial charge in [-0.2, -0.15) is 0 Å². The van der Waals surface area contributed by atoms with Crippen molar-refractivity contribution in [2.24, 2.45) is 11.1 Å². The molecular formula is C31H34F3N5O. The second kappa shape index (κ2) is 12.5. The van der Waals surface area contributed by atoms with E-state index in [2.05, 4.69) is 4.98 Å². The van der Waals surface area contributed by atoms with E-state index in [-0.39, 0.29) is 30.1 Å². The average Bonchev–Trinajstić information content (AvgIpc) is 3.34. The molecule has 1 amide bonds. The lowest BCUT2D eigenvalue weighted by Gasteiger charge is -2.40. The van der Waals surface area contributed by atoms with Crippen LogP contribution in [0, 0.1) is 17.0 Å². The van der Waals surface area contributed by atoms with Crippen molar-refractivity contribution in [3.8, 4) is 11.3 Å². The van der Waals surface area contributed by atoms with Gasteiger partial charge in [0.2, 0.25) is 0 Å². The van der Waals surface area contributed by atoms with Crippen molar-refractivity contribution in [2.75, 3.05) is 13.2 Å². The molecule has 2 atom stereocenters. The molecule has 0 spiro atoms. The summed E-state index contributed by atoms with van der Waals surface area (Å²) in [4.78, 5) is 24.5. The molecule has 6 nitrogen and oxygen atoms in total. The van der Waals surface area contributed by atoms with Gasteiger partial charge in [-0.1, -0.05) is 51.1 Å². The topological polar surface area (TPSA) is 77.0 Å². The summed E-state index contributed by atoms with van der Waals surface area (Å²) < 4.78 is 44.3. The number of alkyl halides is 1. The molecule has 210 valence electrons. The molecule has 0 radical (unpaired) electrons. The number of pyridine rings is 1. The Morgan fingerprint density at radius 1 is 1.07 bits per heavy atom. The van der Waals surface area contributed by atoms with Gasteiger partial charge in [-0.05, 0) is 47.7 Å². The van der Waals surface area contributed by atoms with E-state index in [0.29, 0.717) is 17.9 Å². The standard InChI is InChI=1S/C31H34F3N5O/c1-31(2,3)28(39(15-13-24(35)17-32)30(40)22-10-7-14-36-18-22)29-37-27(25-16-23(33)11-12-26(25)34)20-38(29)19-21-8-5-4-6-9-21/h4-12,14,16,18,20,24,28H,13,15,17,19,35H2,1-3H3/t24-,28+/m1/s1. The fraction of sp³-hybridized carbons (Fsp3) is 0.323. The number of imidazole rings is 1. The van der Waals surface area contributed by atoms with E-state index < -0.39 is 35.8 Å². The van der Waals surface area contributed by atoms with Crippen LogP contribution in [0.5, 0.6) is 0 Å². The Morgan fingerprint density at radius 2 is 1.82 bits per heavy atom. The first-order chi connectivity index (χ1) is 19.1. The number of hydrogen-bond acceptors (Lipinski definition) is 4. The van der Waals surface area contributed by atoms with Gasteiger partial charge in [-0.3, -0.25) is 9.78 Å². The van der Waals surface area contributed by atoms with Crippen LogP contribution in [-0.4, -0.2) is 44.6 Å². The molecule has 4 rings (SSSR count). The SMILES string of the molecule is CC(C)(C)[C@H](c1nc(-c2cc(F)ccc2F)cn1Cc1ccccc1)N(CC[C@@H](N)CF)C(=O)c1cccnc1. The number of hydrogen-bond donors (Lipinski definition) is 1. The first-order valence-electron chi connectivity index (χ1n) is 13.2. The lowest BCUT2D eigenvalue weighted by Crippen LogP contribution is -2.44. The number of carbonyl (C=O) groups is 1. The number of aromatic nitrogens is 3. The molecule has 0 saturated heterocycles. The van der Waals surface area contributed by atoms with Crippen molar-refractivity contribution < 1.29 is 18.0 Å². The number of rotatable bonds is 10. The predicted molar refractivity (Wildman–Crippen MR) is 149 cm³/mol. The number of nitrogens with two attached hydrogens (primary N) is 1. The van der Waals surface area contributed by atoms with Crippen LogP contribution in [0.3, 0.4) is 0 Å². The van der Waals surface area contributed by atoms with Crippen LogP contribution in [-0.2, 0) is 6.54 Å². The monoisotopic (exact) mass is 549 g/mol. The van der Waals surface area contributed by atoms with E-state index in [0.717, 1.165) is 23.8 Å². The molecule has 2 aromatic carbocycles. The maximum atomic E-state index is 14.9. The van der Waals surface area contributed by atoms with E-state index >= 15 is 0 Å². The summed E-state index contributed by atoms with van der Waals surface area (Å²) in [6.07, 6.45) is 4.96. The molecular weight excluding hydrogens is 515 g/mol. The van der Waals surface area contributed by atoms with E-state index in [4.69, 9.17) is 10.7 Å². The predicted octanol–water partition coefficient (Wildman–Crippen LogP) is 6.19. The van der Waals surface area contributed by atoms with Crippen molar-refractivity contribution in [3.63, 3.8) is 0 Å². The molecule has 0 bridgehead atoms. The molecule has 0 aliphatic heterocycles. The van der Waals surface area contributed by atoms with Gasteiger partial charge in [0.1, 0.15) is 24.1 Å². The van der Waals surface area contributed by atoms with E-state index in [1.54, 1.807) is 29.4 Å². The number of halogens is 3. The van der Waals surface area contributed by atoms with Crippen molar-refractivity contribution in [2.45, 2.75) is 45.8 Å². The van der Waals surface area contributed by atoms with Crippen LogP contribution in [0.1, 0.15) is 55.0 Å². The smallest absolute Gasteiger partial charge is 0.256 e. The molecule has 0 fully saturated rings. The lowest BCUT2D eigenvalue weighted by molar-refractivity contribution is 0.0471. The lowest BCUT2D eigenvalue weighted by atomic mass is 9.84. The van der Waals surface area contributed by atoms with Crippen LogP contribution in [0.15, 0.2) is 79.3 Å². The minimum absolute atomic E-state index is 0.0188. The highest BCUT2D eigenvalue weighted by atomic mass is 19.1. The maximum Gasteiger partial charge on any atom is 0.256 e. The number of carbonyl (C=O) groups excluding carboxylic acids is 1. The summed E-state index contributed by atoms with van der Waals surface area (Å²) in [6, 6.07) is 14.8. The van der Waals surface area contributed by atoms with Crippen molar-refractivity contribution in [3.05, 3.63) is 108 Å². The highest BCUT2D eigenvalue weighted by molar-refractivity contribution is 5.94. The Kier molecular flexibility index (Phi) is 9.04. The summed E-state index contributed by atoms with van der Waals surface area (Å²) in [6.45, 7) is 5.73. The molecule has 4 aromatic rings. The maximum absolute atomic E-state index is 14.9. The zero-order valence-electron chi connectivity index (χ0n) is 22.9. The zero-order valence-corrected chi connectivity index (χ0v) is 22.9. The van der Waals surface area contributed by atoms with Crippen LogP contribution >= 0.6 is 0 Å². The third kappa shape index (κ3) is 6.77. The molecule has 2 N–H and O–H groups in total. The van der Waals surface area contributed by atoms with Crippen LogP contribution in [0.25, 0.3) is 11.3 Å². The van der Waals surface area contributed by atoms with Gasteiger partial charge in [-0.15, -0.1) is 0 Å². The Hall–Kier alpha value is -3.98. The number of benzene rings is 2. The molecule has 0 aliphatic rings. The average molecular weight is 550 g/mol. The van der Waals surface area contributed by atoms with Crippen molar-refractivity contribution >= 4 is 5.91 Å². The molecule has 40 heavy (non-hydrogen) atoms. The Balaban J connectivity index is 1.90. The van der Waals surface area contributed by atoms with Crippen molar-refractivity contribution in [1.82, 2.24) is 19.4 Å². The Bertz CT molecular complexity index is 1420. The number of amides is 1. The third-order valence-corrected chi connectivity index (χ3v) is 6.69. The van der Waals surface area contributed by atoms with Gasteiger partial charge >= 0.3 is 0 Å². The second-order valence-corrected chi connectivity index (χ2v) is 10.9. The van der Waals surface area contributed by atoms with Crippen LogP contribution in [0.4, 0.5) is 13.2 Å². The van der Waals surface area contributed by atoms with Gasteiger partial charge in [0, 0.05) is 43.3 Å². The highest BCUT2D eigenvalue weighted by Gasteiger charge is 2.39. The van der Waals surface area contributed by atoms with E-state index in [1.165, 1.54) is 6.20 Å². The van der Waals surface area contributed by atoms with Crippen molar-refractivity contribution in [1.29, 1.82) is 0 Å². The first kappa shape index (κ1) is 29.0. The molecule has 2 aromatic heterocycles. The minimum atomic E-state index is -0.745. The molecule has 0 saturated carbocycles. The summed E-state index contributed by atoms with van der Waals surface area (Å²) in [5.41, 5.74) is 6.94. The normalized spacial score (nSPS) is 13.2. The fourth-order valence-electron chi connectivity index (χ4n) is 4.76. The Labute approximate surface area is 232 Å². The fourth-order valence-corrected chi connectivity index (χ4v) is 4.76. The largest absolute Gasteiger partial charge is 0.328 e. The van der Waals surface area contributed by atoms with Crippen LogP contribution < -0.4 is 5.73 Å². The highest BCUT2D eigenvalue weighted by Crippen LogP contribution is 2.40. The van der Waals surface area contributed by atoms with E-state index in [9.17, 15) is 18.0 Å². The second-order valence-electron chi connectivity index (χ2n) is 10.9. The molecule has 9 heteroatoms. The van der Waals surface area contributed by atoms with Gasteiger partial charge in [0.25, 0.3) is 5.91 Å². The first-order valence-corrected chi connectivity index (χ1v) is 13.2. The Morgan fingerprint density at radius 3 is 2.48 bits per heavy atom. The van der Waals surface area contributed by atoms with Crippen LogP contribution in [0.2, 0.25) is 0 Å². The molecule has 0 aliphatic carbocycles. The third-order valence-electron chi connectivity index (χ3n) is 6.69. The minimum Gasteiger partial charge on any atom is -0.328 e. The van der Waals surface area contributed by atoms with Gasteiger partial charge in [0.15, 0.2) is 0 Å². The van der Waals surface area contributed by atoms with Gasteiger partial charge in [-0.25, -0.2) is 18.2 Å². The van der Waals surface area contributed by atoms with Gasteiger partial charge < -0.3 is 15.2 Å². The zero-order chi connectivity index (χ0) is 28.9.